The number of carboxylic acid groups (broad SMARTS) is 1. The molecule has 0 saturated carbocycles. The molecule has 0 aromatic heterocycles. The molecule has 4 rings (SSSR count). The molecule has 0 bridgehead atoms. The zero-order chi connectivity index (χ0) is 21.8. The minimum atomic E-state index is -0.785. The maximum atomic E-state index is 12.6. The number of aliphatic carboxylic acids is 1. The molecule has 1 aliphatic carbocycles. The first-order valence-corrected chi connectivity index (χ1v) is 10.8. The fraction of sp³-hybridized carbons (Fsp3) is 0.259. The van der Waals surface area contributed by atoms with Gasteiger partial charge in [0.15, 0.2) is 0 Å². The Morgan fingerprint density at radius 1 is 0.968 bits per heavy atom. The van der Waals surface area contributed by atoms with E-state index in [2.05, 4.69) is 41.7 Å². The van der Waals surface area contributed by atoms with Crippen LogP contribution in [0.1, 0.15) is 47.1 Å². The van der Waals surface area contributed by atoms with Crippen molar-refractivity contribution in [1.29, 1.82) is 0 Å². The molecular weight excluding hydrogens is 386 g/mol. The average Bonchev–Trinajstić information content (AvgIpc) is 3.14. The molecule has 3 aromatic carbocycles. The van der Waals surface area contributed by atoms with Crippen molar-refractivity contribution in [2.45, 2.75) is 38.5 Å². The van der Waals surface area contributed by atoms with E-state index in [1.54, 1.807) is 0 Å². The summed E-state index contributed by atoms with van der Waals surface area (Å²) in [7, 11) is 0. The number of hydrogen-bond donors (Lipinski definition) is 2. The predicted molar refractivity (Wildman–Crippen MR) is 122 cm³/mol. The molecule has 1 amide bonds. The summed E-state index contributed by atoms with van der Waals surface area (Å²) in [6.07, 6.45) is 2.16. The second-order valence-electron chi connectivity index (χ2n) is 8.29. The molecule has 0 saturated heterocycles. The van der Waals surface area contributed by atoms with Gasteiger partial charge in [0.25, 0.3) is 0 Å². The van der Waals surface area contributed by atoms with Crippen molar-refractivity contribution in [1.82, 2.24) is 5.32 Å². The molecule has 4 nitrogen and oxygen atoms in total. The molecule has 158 valence electrons. The minimum absolute atomic E-state index is 0.00927. The predicted octanol–water partition coefficient (Wildman–Crippen LogP) is 4.74. The molecule has 0 radical (unpaired) electrons. The van der Waals surface area contributed by atoms with Crippen molar-refractivity contribution in [3.8, 4) is 11.1 Å². The minimum Gasteiger partial charge on any atom is -0.481 e. The van der Waals surface area contributed by atoms with Gasteiger partial charge in [0.05, 0.1) is 12.8 Å². The molecule has 0 heterocycles. The van der Waals surface area contributed by atoms with E-state index in [4.69, 9.17) is 5.11 Å². The quantitative estimate of drug-likeness (QED) is 0.439. The van der Waals surface area contributed by atoms with Gasteiger partial charge in [0, 0.05) is 6.54 Å². The molecule has 0 fully saturated rings. The number of fused-ring (bicyclic) bond motifs is 3. The molecule has 31 heavy (non-hydrogen) atoms. The summed E-state index contributed by atoms with van der Waals surface area (Å²) in [5.74, 6) is -0.756. The van der Waals surface area contributed by atoms with Crippen LogP contribution in [0, 0.1) is 0 Å². The third-order valence-electron chi connectivity index (χ3n) is 6.06. The summed E-state index contributed by atoms with van der Waals surface area (Å²) in [6.45, 7) is 2.50. The van der Waals surface area contributed by atoms with Crippen LogP contribution in [0.5, 0.6) is 0 Å². The molecule has 0 spiro atoms. The molecule has 3 aromatic rings. The topological polar surface area (TPSA) is 66.4 Å². The lowest BCUT2D eigenvalue weighted by atomic mass is 9.96. The zero-order valence-corrected chi connectivity index (χ0v) is 17.7. The molecule has 2 N–H and O–H groups in total. The largest absolute Gasteiger partial charge is 0.481 e. The molecular formula is C27H27NO3. The Labute approximate surface area is 182 Å². The van der Waals surface area contributed by atoms with Gasteiger partial charge in [-0.05, 0) is 57.7 Å². The van der Waals surface area contributed by atoms with Crippen molar-refractivity contribution in [3.63, 3.8) is 0 Å². The number of carboxylic acids is 1. The van der Waals surface area contributed by atoms with Gasteiger partial charge in [0.2, 0.25) is 5.91 Å². The Morgan fingerprint density at radius 3 is 2.48 bits per heavy atom. The van der Waals surface area contributed by atoms with E-state index >= 15 is 0 Å². The Hall–Kier alpha value is -3.40. The Kier molecular flexibility index (Phi) is 6.17. The van der Waals surface area contributed by atoms with E-state index in [1.807, 2.05) is 37.3 Å². The van der Waals surface area contributed by atoms with E-state index in [-0.39, 0.29) is 18.2 Å². The lowest BCUT2D eigenvalue weighted by molar-refractivity contribution is -0.137. The van der Waals surface area contributed by atoms with E-state index < -0.39 is 5.97 Å². The third-order valence-corrected chi connectivity index (χ3v) is 6.06. The van der Waals surface area contributed by atoms with Crippen LogP contribution in [-0.4, -0.2) is 23.5 Å². The van der Waals surface area contributed by atoms with Crippen LogP contribution in [0.15, 0.2) is 66.7 Å². The first-order valence-electron chi connectivity index (χ1n) is 10.8. The van der Waals surface area contributed by atoms with E-state index in [0.29, 0.717) is 13.0 Å². The van der Waals surface area contributed by atoms with Crippen LogP contribution in [0.4, 0.5) is 0 Å². The van der Waals surface area contributed by atoms with Gasteiger partial charge in [-0.3, -0.25) is 9.59 Å². The summed E-state index contributed by atoms with van der Waals surface area (Å²) in [4.78, 5) is 23.4. The van der Waals surface area contributed by atoms with Crippen LogP contribution >= 0.6 is 0 Å². The van der Waals surface area contributed by atoms with Gasteiger partial charge in [-0.25, -0.2) is 0 Å². The van der Waals surface area contributed by atoms with Gasteiger partial charge in [-0.15, -0.1) is 0 Å². The zero-order valence-electron chi connectivity index (χ0n) is 17.7. The van der Waals surface area contributed by atoms with Crippen LogP contribution in [0.25, 0.3) is 11.1 Å². The van der Waals surface area contributed by atoms with Crippen LogP contribution in [0.2, 0.25) is 0 Å². The van der Waals surface area contributed by atoms with Gasteiger partial charge >= 0.3 is 5.97 Å². The van der Waals surface area contributed by atoms with Crippen molar-refractivity contribution in [3.05, 3.63) is 94.5 Å². The number of amides is 1. The maximum Gasteiger partial charge on any atom is 0.303 e. The summed E-state index contributed by atoms with van der Waals surface area (Å²) in [5.41, 5.74) is 8.37. The van der Waals surface area contributed by atoms with Crippen molar-refractivity contribution < 1.29 is 14.7 Å². The van der Waals surface area contributed by atoms with Gasteiger partial charge in [-0.1, -0.05) is 73.7 Å². The number of benzene rings is 3. The lowest BCUT2D eigenvalue weighted by Gasteiger charge is -2.11. The fourth-order valence-electron chi connectivity index (χ4n) is 4.36. The fourth-order valence-corrected chi connectivity index (χ4v) is 4.36. The Morgan fingerprint density at radius 2 is 1.71 bits per heavy atom. The van der Waals surface area contributed by atoms with Crippen molar-refractivity contribution >= 4 is 11.9 Å². The molecule has 1 aliphatic rings. The highest BCUT2D eigenvalue weighted by molar-refractivity contribution is 5.83. The Bertz CT molecular complexity index is 1100. The monoisotopic (exact) mass is 413 g/mol. The molecule has 1 unspecified atom stereocenters. The molecule has 0 aliphatic heterocycles. The van der Waals surface area contributed by atoms with Crippen LogP contribution in [-0.2, 0) is 28.9 Å². The number of carbonyl (C=O) groups is 2. The average molecular weight is 414 g/mol. The highest BCUT2D eigenvalue weighted by atomic mass is 16.4. The van der Waals surface area contributed by atoms with Gasteiger partial charge in [-0.2, -0.15) is 0 Å². The summed E-state index contributed by atoms with van der Waals surface area (Å²) >= 11 is 0. The summed E-state index contributed by atoms with van der Waals surface area (Å²) < 4.78 is 0. The first kappa shape index (κ1) is 20.9. The van der Waals surface area contributed by atoms with Crippen LogP contribution in [0.3, 0.4) is 0 Å². The second kappa shape index (κ2) is 9.17. The SMILES string of the molecule is CC(CC(=O)O)c1ccc(CCNC(=O)Cc2cccc3c2Cc2ccccc2-3)cc1. The summed E-state index contributed by atoms with van der Waals surface area (Å²) in [6, 6.07) is 22.7. The third kappa shape index (κ3) is 4.85. The second-order valence-corrected chi connectivity index (χ2v) is 8.29. The maximum absolute atomic E-state index is 12.6. The number of carbonyl (C=O) groups excluding carboxylic acids is 1. The summed E-state index contributed by atoms with van der Waals surface area (Å²) in [5, 5.41) is 12.0. The van der Waals surface area contributed by atoms with E-state index in [1.165, 1.54) is 22.3 Å². The normalized spacial score (nSPS) is 12.7. The van der Waals surface area contributed by atoms with Crippen molar-refractivity contribution in [2.75, 3.05) is 6.54 Å². The highest BCUT2D eigenvalue weighted by Gasteiger charge is 2.21. The smallest absolute Gasteiger partial charge is 0.303 e. The van der Waals surface area contributed by atoms with Gasteiger partial charge in [0.1, 0.15) is 0 Å². The Balaban J connectivity index is 1.30. The molecule has 1 atom stereocenters. The van der Waals surface area contributed by atoms with E-state index in [9.17, 15) is 9.59 Å². The molecule has 4 heteroatoms. The standard InChI is InChI=1S/C27H27NO3/c1-18(15-27(30)31)20-11-9-19(10-12-20)13-14-28-26(29)17-22-6-4-8-24-23-7-3-2-5-21(23)16-25(22)24/h2-12,18H,13-17H2,1H3,(H,28,29)(H,30,31). The lowest BCUT2D eigenvalue weighted by Crippen LogP contribution is -2.27. The number of rotatable bonds is 8. The van der Waals surface area contributed by atoms with Crippen molar-refractivity contribution in [2.24, 2.45) is 0 Å². The highest BCUT2D eigenvalue weighted by Crippen LogP contribution is 2.38. The van der Waals surface area contributed by atoms with E-state index in [0.717, 1.165) is 29.5 Å². The number of nitrogens with one attached hydrogen (secondary N) is 1. The number of hydrogen-bond acceptors (Lipinski definition) is 2. The first-order chi connectivity index (χ1) is 15.0. The van der Waals surface area contributed by atoms with Crippen LogP contribution < -0.4 is 5.32 Å². The van der Waals surface area contributed by atoms with Gasteiger partial charge < -0.3 is 10.4 Å².